The zero-order valence-corrected chi connectivity index (χ0v) is 9.78. The minimum atomic E-state index is -4.46. The average Bonchev–Trinajstić information content (AvgIpc) is 2.87. The van der Waals surface area contributed by atoms with Crippen molar-refractivity contribution in [3.8, 4) is 0 Å². The highest BCUT2D eigenvalue weighted by Gasteiger charge is 2.32. The Balaban J connectivity index is 1.77. The number of nitrogens with one attached hydrogen (secondary N) is 2. The molecule has 0 aromatic carbocycles. The highest BCUT2D eigenvalue weighted by Crippen LogP contribution is 2.26. The highest BCUT2D eigenvalue weighted by molar-refractivity contribution is 5.33. The topological polar surface area (TPSA) is 79.4 Å². The van der Waals surface area contributed by atoms with Crippen LogP contribution < -0.4 is 5.32 Å². The van der Waals surface area contributed by atoms with Gasteiger partial charge in [-0.2, -0.15) is 18.3 Å². The first kappa shape index (κ1) is 13.2. The van der Waals surface area contributed by atoms with E-state index < -0.39 is 11.9 Å². The lowest BCUT2D eigenvalue weighted by molar-refractivity contribution is -0.141. The minimum absolute atomic E-state index is 0.311. The van der Waals surface area contributed by atoms with Crippen molar-refractivity contribution in [3.63, 3.8) is 0 Å². The number of hydrogen-bond donors (Lipinski definition) is 2. The number of H-pyrrole nitrogens is 1. The van der Waals surface area contributed by atoms with Crippen LogP contribution in [0, 0.1) is 0 Å². The SMILES string of the molecule is FC(F)(F)c1ccc(NCCCc2ncn[nH]2)nn1. The van der Waals surface area contributed by atoms with Crippen molar-refractivity contribution < 1.29 is 13.2 Å². The van der Waals surface area contributed by atoms with E-state index in [0.29, 0.717) is 18.8 Å². The molecular weight excluding hydrogens is 261 g/mol. The van der Waals surface area contributed by atoms with Crippen molar-refractivity contribution in [2.45, 2.75) is 19.0 Å². The number of nitrogens with zero attached hydrogens (tertiary/aromatic N) is 4. The number of aromatic nitrogens is 5. The molecule has 0 radical (unpaired) electrons. The molecular formula is C10H11F3N6. The summed E-state index contributed by atoms with van der Waals surface area (Å²) >= 11 is 0. The van der Waals surface area contributed by atoms with Crippen LogP contribution in [-0.2, 0) is 12.6 Å². The minimum Gasteiger partial charge on any atom is -0.369 e. The van der Waals surface area contributed by atoms with Gasteiger partial charge in [-0.05, 0) is 18.6 Å². The van der Waals surface area contributed by atoms with Gasteiger partial charge < -0.3 is 5.32 Å². The van der Waals surface area contributed by atoms with E-state index in [2.05, 4.69) is 30.7 Å². The van der Waals surface area contributed by atoms with Gasteiger partial charge >= 0.3 is 6.18 Å². The predicted molar refractivity (Wildman–Crippen MR) is 60.2 cm³/mol. The van der Waals surface area contributed by atoms with Crippen molar-refractivity contribution in [3.05, 3.63) is 30.0 Å². The highest BCUT2D eigenvalue weighted by atomic mass is 19.4. The van der Waals surface area contributed by atoms with E-state index in [-0.39, 0.29) is 0 Å². The summed E-state index contributed by atoms with van der Waals surface area (Å²) in [5.41, 5.74) is -1.00. The van der Waals surface area contributed by atoms with Crippen molar-refractivity contribution >= 4 is 5.82 Å². The molecule has 0 unspecified atom stereocenters. The first-order valence-electron chi connectivity index (χ1n) is 5.55. The third kappa shape index (κ3) is 3.90. The Morgan fingerprint density at radius 2 is 2.05 bits per heavy atom. The largest absolute Gasteiger partial charge is 0.435 e. The number of anilines is 1. The van der Waals surface area contributed by atoms with Crippen LogP contribution in [0.1, 0.15) is 17.9 Å². The molecule has 0 aliphatic carbocycles. The molecule has 0 amide bonds. The second-order valence-corrected chi connectivity index (χ2v) is 3.76. The lowest BCUT2D eigenvalue weighted by atomic mass is 10.3. The summed E-state index contributed by atoms with van der Waals surface area (Å²) in [5, 5.41) is 15.9. The zero-order valence-electron chi connectivity index (χ0n) is 9.78. The Bertz CT molecular complexity index is 493. The van der Waals surface area contributed by atoms with Gasteiger partial charge in [0.2, 0.25) is 0 Å². The maximum Gasteiger partial charge on any atom is 0.435 e. The number of halogens is 3. The second-order valence-electron chi connectivity index (χ2n) is 3.76. The summed E-state index contributed by atoms with van der Waals surface area (Å²) in [5.74, 6) is 1.07. The zero-order chi connectivity index (χ0) is 13.7. The number of aromatic amines is 1. The van der Waals surface area contributed by atoms with E-state index in [1.54, 1.807) is 0 Å². The lowest BCUT2D eigenvalue weighted by Gasteiger charge is -2.06. The van der Waals surface area contributed by atoms with E-state index in [1.807, 2.05) is 0 Å². The van der Waals surface area contributed by atoms with Crippen molar-refractivity contribution in [1.82, 2.24) is 25.4 Å². The number of alkyl halides is 3. The Morgan fingerprint density at radius 3 is 2.63 bits per heavy atom. The number of hydrogen-bond acceptors (Lipinski definition) is 5. The van der Waals surface area contributed by atoms with Gasteiger partial charge in [-0.3, -0.25) is 5.10 Å². The summed E-state index contributed by atoms with van der Waals surface area (Å²) in [4.78, 5) is 3.95. The summed E-state index contributed by atoms with van der Waals surface area (Å²) in [6, 6.07) is 2.15. The molecule has 2 heterocycles. The fourth-order valence-electron chi connectivity index (χ4n) is 1.40. The predicted octanol–water partition coefficient (Wildman–Crippen LogP) is 1.66. The smallest absolute Gasteiger partial charge is 0.369 e. The Hall–Kier alpha value is -2.19. The van der Waals surface area contributed by atoms with E-state index in [4.69, 9.17) is 0 Å². The van der Waals surface area contributed by atoms with Gasteiger partial charge in [-0.15, -0.1) is 10.2 Å². The summed E-state index contributed by atoms with van der Waals surface area (Å²) in [6.45, 7) is 0.556. The second kappa shape index (κ2) is 5.63. The van der Waals surface area contributed by atoms with Gasteiger partial charge in [-0.1, -0.05) is 0 Å². The summed E-state index contributed by atoms with van der Waals surface area (Å²) in [6.07, 6.45) is -1.60. The van der Waals surface area contributed by atoms with Crippen LogP contribution >= 0.6 is 0 Å². The molecule has 2 rings (SSSR count). The molecule has 9 heteroatoms. The molecule has 2 N–H and O–H groups in total. The molecule has 2 aromatic heterocycles. The first-order valence-corrected chi connectivity index (χ1v) is 5.55. The lowest BCUT2D eigenvalue weighted by Crippen LogP contribution is -2.11. The van der Waals surface area contributed by atoms with E-state index in [1.165, 1.54) is 12.4 Å². The Kier molecular flexibility index (Phi) is 3.93. The van der Waals surface area contributed by atoms with Gasteiger partial charge in [0.15, 0.2) is 5.69 Å². The van der Waals surface area contributed by atoms with Crippen LogP contribution in [0.4, 0.5) is 19.0 Å². The monoisotopic (exact) mass is 272 g/mol. The molecule has 0 aliphatic rings. The molecule has 102 valence electrons. The fourth-order valence-corrected chi connectivity index (χ4v) is 1.40. The molecule has 0 aliphatic heterocycles. The standard InChI is InChI=1S/C10H11F3N6/c11-10(12,13)7-3-4-9(19-17-7)14-5-1-2-8-15-6-16-18-8/h3-4,6H,1-2,5H2,(H,14,19)(H,15,16,18). The third-order valence-corrected chi connectivity index (χ3v) is 2.32. The van der Waals surface area contributed by atoms with Gasteiger partial charge in [-0.25, -0.2) is 4.98 Å². The quantitative estimate of drug-likeness (QED) is 0.809. The maximum atomic E-state index is 12.2. The molecule has 0 saturated carbocycles. The van der Waals surface area contributed by atoms with Crippen molar-refractivity contribution in [1.29, 1.82) is 0 Å². The molecule has 2 aromatic rings. The van der Waals surface area contributed by atoms with Crippen LogP contribution in [0.25, 0.3) is 0 Å². The summed E-state index contributed by atoms with van der Waals surface area (Å²) in [7, 11) is 0. The Labute approximate surface area is 106 Å². The maximum absolute atomic E-state index is 12.2. The number of aryl methyl sites for hydroxylation is 1. The molecule has 6 nitrogen and oxygen atoms in total. The van der Waals surface area contributed by atoms with Crippen molar-refractivity contribution in [2.75, 3.05) is 11.9 Å². The molecule has 0 bridgehead atoms. The number of rotatable bonds is 5. The molecule has 0 spiro atoms. The van der Waals surface area contributed by atoms with E-state index in [9.17, 15) is 13.2 Å². The van der Waals surface area contributed by atoms with Crippen LogP contribution in [-0.4, -0.2) is 31.9 Å². The van der Waals surface area contributed by atoms with Crippen molar-refractivity contribution in [2.24, 2.45) is 0 Å². The van der Waals surface area contributed by atoms with Crippen LogP contribution in [0.3, 0.4) is 0 Å². The van der Waals surface area contributed by atoms with Gasteiger partial charge in [0.1, 0.15) is 18.0 Å². The van der Waals surface area contributed by atoms with Gasteiger partial charge in [0.25, 0.3) is 0 Å². The normalized spacial score (nSPS) is 11.5. The van der Waals surface area contributed by atoms with Crippen LogP contribution in [0.5, 0.6) is 0 Å². The fraction of sp³-hybridized carbons (Fsp3) is 0.400. The third-order valence-electron chi connectivity index (χ3n) is 2.32. The average molecular weight is 272 g/mol. The molecule has 0 saturated heterocycles. The Morgan fingerprint density at radius 1 is 1.21 bits per heavy atom. The van der Waals surface area contributed by atoms with Crippen LogP contribution in [0.2, 0.25) is 0 Å². The first-order chi connectivity index (χ1) is 9.05. The summed E-state index contributed by atoms with van der Waals surface area (Å²) < 4.78 is 36.7. The van der Waals surface area contributed by atoms with Gasteiger partial charge in [0, 0.05) is 13.0 Å². The molecule has 0 atom stereocenters. The molecule has 19 heavy (non-hydrogen) atoms. The van der Waals surface area contributed by atoms with E-state index in [0.717, 1.165) is 18.3 Å². The van der Waals surface area contributed by atoms with E-state index >= 15 is 0 Å². The molecule has 0 fully saturated rings. The van der Waals surface area contributed by atoms with Crippen LogP contribution in [0.15, 0.2) is 18.5 Å². The van der Waals surface area contributed by atoms with Gasteiger partial charge in [0.05, 0.1) is 0 Å².